The molecule has 0 aliphatic carbocycles. The van der Waals surface area contributed by atoms with Gasteiger partial charge in [0, 0.05) is 30.2 Å². The zero-order valence-electron chi connectivity index (χ0n) is 13.3. The van der Waals surface area contributed by atoms with Crippen LogP contribution in [0.15, 0.2) is 30.7 Å². The summed E-state index contributed by atoms with van der Waals surface area (Å²) in [6.45, 7) is 10.3. The van der Waals surface area contributed by atoms with Gasteiger partial charge in [-0.2, -0.15) is 5.26 Å². The fourth-order valence-electron chi connectivity index (χ4n) is 1.51. The van der Waals surface area contributed by atoms with Gasteiger partial charge < -0.3 is 0 Å². The molecule has 0 fully saturated rings. The van der Waals surface area contributed by atoms with E-state index in [0.29, 0.717) is 17.4 Å². The Morgan fingerprint density at radius 1 is 0.909 bits per heavy atom. The summed E-state index contributed by atoms with van der Waals surface area (Å²) in [5.41, 5.74) is 2.77. The van der Waals surface area contributed by atoms with E-state index in [-0.39, 0.29) is 7.43 Å². The maximum atomic E-state index is 8.48. The van der Waals surface area contributed by atoms with Crippen molar-refractivity contribution in [2.75, 3.05) is 0 Å². The SMILES string of the molecule is C.CC(C)c1ccc(C#N)cn1.Cc1cnc(C(C)C)nc1. The molecule has 0 bridgehead atoms. The molecule has 2 aromatic rings. The Morgan fingerprint density at radius 2 is 1.50 bits per heavy atom. The third-order valence-corrected chi connectivity index (χ3v) is 2.82. The number of aryl methyl sites for hydroxylation is 1. The van der Waals surface area contributed by atoms with Crippen molar-refractivity contribution in [2.24, 2.45) is 0 Å². The molecule has 0 aliphatic rings. The second-order valence-corrected chi connectivity index (χ2v) is 5.51. The first kappa shape index (κ1) is 19.7. The zero-order valence-corrected chi connectivity index (χ0v) is 13.3. The van der Waals surface area contributed by atoms with E-state index in [2.05, 4.69) is 42.6 Å². The molecule has 0 radical (unpaired) electrons. The van der Waals surface area contributed by atoms with Crippen LogP contribution in [-0.4, -0.2) is 15.0 Å². The summed E-state index contributed by atoms with van der Waals surface area (Å²) in [5.74, 6) is 1.79. The Balaban J connectivity index is 0.000000385. The molecule has 0 aliphatic heterocycles. The molecule has 2 rings (SSSR count). The maximum absolute atomic E-state index is 8.48. The van der Waals surface area contributed by atoms with Gasteiger partial charge in [0.15, 0.2) is 0 Å². The quantitative estimate of drug-likeness (QED) is 0.811. The highest BCUT2D eigenvalue weighted by Crippen LogP contribution is 2.10. The highest BCUT2D eigenvalue weighted by atomic mass is 14.9. The number of pyridine rings is 1. The van der Waals surface area contributed by atoms with Crippen molar-refractivity contribution in [3.8, 4) is 6.07 Å². The first-order valence-corrected chi connectivity index (χ1v) is 7.08. The average molecular weight is 298 g/mol. The third kappa shape index (κ3) is 6.45. The molecule has 4 nitrogen and oxygen atoms in total. The van der Waals surface area contributed by atoms with Crippen LogP contribution in [0.1, 0.15) is 69.6 Å². The van der Waals surface area contributed by atoms with Gasteiger partial charge in [0.2, 0.25) is 0 Å². The van der Waals surface area contributed by atoms with Gasteiger partial charge in [-0.15, -0.1) is 0 Å². The van der Waals surface area contributed by atoms with E-state index in [9.17, 15) is 0 Å². The molecule has 2 heterocycles. The first-order valence-electron chi connectivity index (χ1n) is 7.08. The van der Waals surface area contributed by atoms with Crippen LogP contribution in [0.2, 0.25) is 0 Å². The number of aromatic nitrogens is 3. The fraction of sp³-hybridized carbons (Fsp3) is 0.444. The second kappa shape index (κ2) is 9.62. The molecule has 0 saturated heterocycles. The number of hydrogen-bond donors (Lipinski definition) is 0. The van der Waals surface area contributed by atoms with Crippen LogP contribution < -0.4 is 0 Å². The van der Waals surface area contributed by atoms with Crippen LogP contribution in [-0.2, 0) is 0 Å². The summed E-state index contributed by atoms with van der Waals surface area (Å²) in [5, 5.41) is 8.48. The van der Waals surface area contributed by atoms with Crippen molar-refractivity contribution in [1.82, 2.24) is 15.0 Å². The lowest BCUT2D eigenvalue weighted by molar-refractivity contribution is 0.771. The minimum Gasteiger partial charge on any atom is -0.260 e. The minimum absolute atomic E-state index is 0. The van der Waals surface area contributed by atoms with E-state index in [4.69, 9.17) is 5.26 Å². The van der Waals surface area contributed by atoms with E-state index >= 15 is 0 Å². The number of hydrogen-bond acceptors (Lipinski definition) is 4. The number of nitrogens with zero attached hydrogens (tertiary/aromatic N) is 4. The van der Waals surface area contributed by atoms with E-state index in [0.717, 1.165) is 17.1 Å². The van der Waals surface area contributed by atoms with Crippen LogP contribution in [0.3, 0.4) is 0 Å². The zero-order chi connectivity index (χ0) is 15.8. The predicted octanol–water partition coefficient (Wildman–Crippen LogP) is 4.62. The lowest BCUT2D eigenvalue weighted by atomic mass is 10.1. The van der Waals surface area contributed by atoms with Gasteiger partial charge in [-0.1, -0.05) is 35.1 Å². The lowest BCUT2D eigenvalue weighted by Gasteiger charge is -2.01. The lowest BCUT2D eigenvalue weighted by Crippen LogP contribution is -1.95. The standard InChI is InChI=1S/C9H10N2.C8H12N2.CH4/c1-7(2)9-4-3-8(5-10)6-11-9;1-6(2)8-9-4-7(3)5-10-8;/h3-4,6-7H,1-2H3;4-6H,1-3H3;1H4. The predicted molar refractivity (Wildman–Crippen MR) is 90.6 cm³/mol. The molecular formula is C18H26N4. The molecule has 0 aromatic carbocycles. The summed E-state index contributed by atoms with van der Waals surface area (Å²) < 4.78 is 0. The number of nitriles is 1. The fourth-order valence-corrected chi connectivity index (χ4v) is 1.51. The van der Waals surface area contributed by atoms with Crippen molar-refractivity contribution < 1.29 is 0 Å². The Hall–Kier alpha value is -2.28. The van der Waals surface area contributed by atoms with Crippen LogP contribution in [0, 0.1) is 18.3 Å². The molecule has 118 valence electrons. The minimum atomic E-state index is 0. The van der Waals surface area contributed by atoms with Crippen molar-refractivity contribution in [1.29, 1.82) is 5.26 Å². The van der Waals surface area contributed by atoms with E-state index in [1.54, 1.807) is 12.3 Å². The van der Waals surface area contributed by atoms with Crippen molar-refractivity contribution in [3.63, 3.8) is 0 Å². The first-order chi connectivity index (χ1) is 9.93. The summed E-state index contributed by atoms with van der Waals surface area (Å²) in [7, 11) is 0. The summed E-state index contributed by atoms with van der Waals surface area (Å²) in [4.78, 5) is 12.5. The van der Waals surface area contributed by atoms with Crippen LogP contribution in [0.25, 0.3) is 0 Å². The second-order valence-electron chi connectivity index (χ2n) is 5.51. The van der Waals surface area contributed by atoms with Crippen LogP contribution >= 0.6 is 0 Å². The Kier molecular flexibility index (Phi) is 8.62. The summed E-state index contributed by atoms with van der Waals surface area (Å²) >= 11 is 0. The largest absolute Gasteiger partial charge is 0.260 e. The van der Waals surface area contributed by atoms with E-state index in [1.807, 2.05) is 31.5 Å². The third-order valence-electron chi connectivity index (χ3n) is 2.82. The molecule has 2 aromatic heterocycles. The van der Waals surface area contributed by atoms with Gasteiger partial charge in [0.05, 0.1) is 5.56 Å². The monoisotopic (exact) mass is 298 g/mol. The summed E-state index contributed by atoms with van der Waals surface area (Å²) in [6.07, 6.45) is 5.31. The molecule has 0 saturated carbocycles. The maximum Gasteiger partial charge on any atom is 0.130 e. The molecular weight excluding hydrogens is 272 g/mol. The topological polar surface area (TPSA) is 62.5 Å². The van der Waals surface area contributed by atoms with Gasteiger partial charge in [0.25, 0.3) is 0 Å². The molecule has 0 N–H and O–H groups in total. The molecule has 0 spiro atoms. The molecule has 0 atom stereocenters. The Labute approximate surface area is 134 Å². The highest BCUT2D eigenvalue weighted by molar-refractivity contribution is 5.26. The van der Waals surface area contributed by atoms with Gasteiger partial charge in [-0.3, -0.25) is 4.98 Å². The van der Waals surface area contributed by atoms with Gasteiger partial charge in [-0.05, 0) is 30.5 Å². The normalized spacial score (nSPS) is 9.55. The van der Waals surface area contributed by atoms with Crippen LogP contribution in [0.4, 0.5) is 0 Å². The van der Waals surface area contributed by atoms with Gasteiger partial charge in [-0.25, -0.2) is 9.97 Å². The Morgan fingerprint density at radius 3 is 1.86 bits per heavy atom. The van der Waals surface area contributed by atoms with E-state index < -0.39 is 0 Å². The molecule has 4 heteroatoms. The summed E-state index contributed by atoms with van der Waals surface area (Å²) in [6, 6.07) is 5.72. The molecule has 22 heavy (non-hydrogen) atoms. The average Bonchev–Trinajstić information content (AvgIpc) is 2.48. The van der Waals surface area contributed by atoms with E-state index in [1.165, 1.54) is 0 Å². The number of rotatable bonds is 2. The highest BCUT2D eigenvalue weighted by Gasteiger charge is 1.99. The Bertz CT molecular complexity index is 578. The molecule has 0 amide bonds. The van der Waals surface area contributed by atoms with Crippen molar-refractivity contribution in [3.05, 3.63) is 53.4 Å². The van der Waals surface area contributed by atoms with Gasteiger partial charge >= 0.3 is 0 Å². The smallest absolute Gasteiger partial charge is 0.130 e. The molecule has 0 unspecified atom stereocenters. The van der Waals surface area contributed by atoms with Crippen LogP contribution in [0.5, 0.6) is 0 Å². The van der Waals surface area contributed by atoms with Crippen molar-refractivity contribution in [2.45, 2.75) is 53.9 Å². The van der Waals surface area contributed by atoms with Gasteiger partial charge in [0.1, 0.15) is 11.9 Å². The van der Waals surface area contributed by atoms with Crippen molar-refractivity contribution >= 4 is 0 Å².